The first-order valence-electron chi connectivity index (χ1n) is 3.23. The Morgan fingerprint density at radius 3 is 2.67 bits per heavy atom. The molecular formula is C8H6F3O. The maximum Gasteiger partial charge on any atom is 0.422 e. The van der Waals surface area contributed by atoms with Gasteiger partial charge in [0, 0.05) is 0 Å². The van der Waals surface area contributed by atoms with E-state index in [2.05, 4.69) is 10.8 Å². The molecule has 0 saturated heterocycles. The average molecular weight is 175 g/mol. The predicted octanol–water partition coefficient (Wildman–Crippen LogP) is 2.43. The van der Waals surface area contributed by atoms with Crippen LogP contribution in [-0.2, 0) is 0 Å². The molecule has 0 bridgehead atoms. The summed E-state index contributed by atoms with van der Waals surface area (Å²) >= 11 is 0. The second kappa shape index (κ2) is 3.47. The summed E-state index contributed by atoms with van der Waals surface area (Å²) in [7, 11) is 0. The summed E-state index contributed by atoms with van der Waals surface area (Å²) in [6, 6.07) is 8.55. The van der Waals surface area contributed by atoms with E-state index >= 15 is 0 Å². The van der Waals surface area contributed by atoms with E-state index in [0.717, 1.165) is 0 Å². The number of ether oxygens (including phenoxy) is 1. The van der Waals surface area contributed by atoms with Gasteiger partial charge in [0.15, 0.2) is 6.61 Å². The minimum atomic E-state index is -4.28. The van der Waals surface area contributed by atoms with Gasteiger partial charge in [-0.1, -0.05) is 12.1 Å². The zero-order valence-corrected chi connectivity index (χ0v) is 6.06. The lowest BCUT2D eigenvalue weighted by molar-refractivity contribution is -0.153. The van der Waals surface area contributed by atoms with Crippen molar-refractivity contribution in [2.45, 2.75) is 6.18 Å². The molecule has 1 rings (SSSR count). The van der Waals surface area contributed by atoms with E-state index in [1.807, 2.05) is 0 Å². The first kappa shape index (κ1) is 8.90. The monoisotopic (exact) mass is 175 g/mol. The van der Waals surface area contributed by atoms with Crippen LogP contribution in [0.1, 0.15) is 0 Å². The van der Waals surface area contributed by atoms with Crippen LogP contribution in [-0.4, -0.2) is 12.8 Å². The number of hydrogen-bond donors (Lipinski definition) is 0. The second-order valence-corrected chi connectivity index (χ2v) is 2.14. The van der Waals surface area contributed by atoms with Crippen LogP contribution in [0.15, 0.2) is 24.3 Å². The van der Waals surface area contributed by atoms with Gasteiger partial charge in [-0.25, -0.2) is 0 Å². The molecule has 0 atom stereocenters. The van der Waals surface area contributed by atoms with Gasteiger partial charge in [0.2, 0.25) is 0 Å². The van der Waals surface area contributed by atoms with Crippen LogP contribution in [0, 0.1) is 6.07 Å². The fourth-order valence-corrected chi connectivity index (χ4v) is 0.632. The topological polar surface area (TPSA) is 9.23 Å². The average Bonchev–Trinajstić information content (AvgIpc) is 2.02. The summed E-state index contributed by atoms with van der Waals surface area (Å²) in [5, 5.41) is 0. The molecule has 12 heavy (non-hydrogen) atoms. The van der Waals surface area contributed by atoms with Crippen LogP contribution >= 0.6 is 0 Å². The van der Waals surface area contributed by atoms with Crippen molar-refractivity contribution >= 4 is 0 Å². The van der Waals surface area contributed by atoms with E-state index in [1.54, 1.807) is 12.1 Å². The van der Waals surface area contributed by atoms with Crippen LogP contribution in [0.25, 0.3) is 0 Å². The third-order valence-corrected chi connectivity index (χ3v) is 1.08. The van der Waals surface area contributed by atoms with Crippen LogP contribution in [0.2, 0.25) is 0 Å². The molecule has 65 valence electrons. The molecule has 1 radical (unpaired) electrons. The minimum Gasteiger partial charge on any atom is -0.484 e. The zero-order chi connectivity index (χ0) is 9.03. The number of rotatable bonds is 2. The van der Waals surface area contributed by atoms with E-state index < -0.39 is 12.8 Å². The maximum absolute atomic E-state index is 11.6. The molecule has 0 heterocycles. The number of hydrogen-bond acceptors (Lipinski definition) is 1. The lowest BCUT2D eigenvalue weighted by Gasteiger charge is -2.07. The first-order chi connectivity index (χ1) is 5.58. The fraction of sp³-hybridized carbons (Fsp3) is 0.250. The van der Waals surface area contributed by atoms with Crippen LogP contribution in [0.4, 0.5) is 13.2 Å². The van der Waals surface area contributed by atoms with Gasteiger partial charge in [0.25, 0.3) is 0 Å². The van der Waals surface area contributed by atoms with E-state index in [-0.39, 0.29) is 5.75 Å². The van der Waals surface area contributed by atoms with E-state index in [0.29, 0.717) is 0 Å². The Bertz CT molecular complexity index is 230. The lowest BCUT2D eigenvalue weighted by atomic mass is 10.3. The van der Waals surface area contributed by atoms with Crippen molar-refractivity contribution in [3.63, 3.8) is 0 Å². The molecule has 1 aromatic carbocycles. The molecule has 0 spiro atoms. The summed E-state index contributed by atoms with van der Waals surface area (Å²) in [4.78, 5) is 0. The Kier molecular flexibility index (Phi) is 2.58. The summed E-state index contributed by atoms with van der Waals surface area (Å²) in [6.07, 6.45) is -4.28. The summed E-state index contributed by atoms with van der Waals surface area (Å²) in [5.41, 5.74) is 0. The third kappa shape index (κ3) is 3.27. The number of benzene rings is 1. The highest BCUT2D eigenvalue weighted by Crippen LogP contribution is 2.17. The van der Waals surface area contributed by atoms with Gasteiger partial charge in [0.05, 0.1) is 0 Å². The molecule has 0 N–H and O–H groups in total. The van der Waals surface area contributed by atoms with Crippen molar-refractivity contribution < 1.29 is 17.9 Å². The van der Waals surface area contributed by atoms with E-state index in [4.69, 9.17) is 0 Å². The van der Waals surface area contributed by atoms with Crippen molar-refractivity contribution in [2.24, 2.45) is 0 Å². The summed E-state index contributed by atoms with van der Waals surface area (Å²) in [6.45, 7) is -1.26. The first-order valence-corrected chi connectivity index (χ1v) is 3.23. The summed E-state index contributed by atoms with van der Waals surface area (Å²) < 4.78 is 39.2. The molecule has 0 fully saturated rings. The van der Waals surface area contributed by atoms with Crippen molar-refractivity contribution in [3.8, 4) is 5.75 Å². The largest absolute Gasteiger partial charge is 0.484 e. The molecule has 0 aliphatic heterocycles. The van der Waals surface area contributed by atoms with Gasteiger partial charge in [-0.2, -0.15) is 13.2 Å². The predicted molar refractivity (Wildman–Crippen MR) is 36.8 cm³/mol. The molecule has 0 aromatic heterocycles. The molecular weight excluding hydrogens is 169 g/mol. The summed E-state index contributed by atoms with van der Waals surface area (Å²) in [5.74, 6) is 0.176. The normalized spacial score (nSPS) is 11.2. The Morgan fingerprint density at radius 1 is 1.42 bits per heavy atom. The van der Waals surface area contributed by atoms with Gasteiger partial charge in [-0.3, -0.25) is 0 Å². The molecule has 0 aliphatic rings. The molecule has 0 amide bonds. The van der Waals surface area contributed by atoms with Crippen molar-refractivity contribution in [2.75, 3.05) is 6.61 Å². The van der Waals surface area contributed by atoms with Gasteiger partial charge >= 0.3 is 6.18 Å². The lowest BCUT2D eigenvalue weighted by Crippen LogP contribution is -2.19. The minimum absolute atomic E-state index is 0.176. The molecule has 1 nitrogen and oxygen atoms in total. The Hall–Kier alpha value is -1.19. The van der Waals surface area contributed by atoms with Gasteiger partial charge < -0.3 is 4.74 Å². The second-order valence-electron chi connectivity index (χ2n) is 2.14. The highest BCUT2D eigenvalue weighted by molar-refractivity contribution is 5.19. The van der Waals surface area contributed by atoms with E-state index in [9.17, 15) is 13.2 Å². The molecule has 0 unspecified atom stereocenters. The Balaban J connectivity index is 2.44. The van der Waals surface area contributed by atoms with Crippen molar-refractivity contribution in [1.82, 2.24) is 0 Å². The van der Waals surface area contributed by atoms with Crippen molar-refractivity contribution in [3.05, 3.63) is 30.3 Å². The Morgan fingerprint density at radius 2 is 2.17 bits per heavy atom. The van der Waals surface area contributed by atoms with Gasteiger partial charge in [0.1, 0.15) is 5.75 Å². The highest BCUT2D eigenvalue weighted by atomic mass is 19.4. The van der Waals surface area contributed by atoms with Crippen LogP contribution in [0.5, 0.6) is 5.75 Å². The standard InChI is InChI=1S/C8H6F3O/c9-8(10,11)6-12-7-4-2-1-3-5-7/h1-2,4-5H,6H2. The zero-order valence-electron chi connectivity index (χ0n) is 6.06. The third-order valence-electron chi connectivity index (χ3n) is 1.08. The molecule has 1 aromatic rings. The maximum atomic E-state index is 11.6. The fourth-order valence-electron chi connectivity index (χ4n) is 0.632. The molecule has 0 saturated carbocycles. The van der Waals surface area contributed by atoms with E-state index in [1.165, 1.54) is 12.1 Å². The highest BCUT2D eigenvalue weighted by Gasteiger charge is 2.28. The smallest absolute Gasteiger partial charge is 0.422 e. The SMILES string of the molecule is FC(F)(F)COc1c[c]ccc1. The molecule has 4 heteroatoms. The quantitative estimate of drug-likeness (QED) is 0.670. The number of halogens is 3. The van der Waals surface area contributed by atoms with Gasteiger partial charge in [-0.05, 0) is 18.2 Å². The number of alkyl halides is 3. The Labute approximate surface area is 67.8 Å². The van der Waals surface area contributed by atoms with Crippen LogP contribution < -0.4 is 4.74 Å². The van der Waals surface area contributed by atoms with Crippen LogP contribution in [0.3, 0.4) is 0 Å². The van der Waals surface area contributed by atoms with Crippen molar-refractivity contribution in [1.29, 1.82) is 0 Å². The molecule has 0 aliphatic carbocycles. The van der Waals surface area contributed by atoms with Gasteiger partial charge in [-0.15, -0.1) is 0 Å².